The summed E-state index contributed by atoms with van der Waals surface area (Å²) in [5.41, 5.74) is 1.74. The monoisotopic (exact) mass is 252 g/mol. The van der Waals surface area contributed by atoms with Gasteiger partial charge in [0.1, 0.15) is 0 Å². The third kappa shape index (κ3) is 3.52. The number of hydrazone groups is 1. The van der Waals surface area contributed by atoms with Crippen LogP contribution in [0.3, 0.4) is 0 Å². The maximum absolute atomic E-state index is 11.9. The van der Waals surface area contributed by atoms with Crippen molar-refractivity contribution >= 4 is 17.8 Å². The summed E-state index contributed by atoms with van der Waals surface area (Å²) < 4.78 is 0. The third-order valence-electron chi connectivity index (χ3n) is 2.66. The first-order valence-electron chi connectivity index (χ1n) is 6.28. The zero-order chi connectivity index (χ0) is 13.5. The zero-order valence-electron chi connectivity index (χ0n) is 10.9. The average Bonchev–Trinajstić information content (AvgIpc) is 2.49. The minimum atomic E-state index is -0.0293. The standard InChI is InChI=1S/C16H16N2O/c1-2-16(19)18(15-11-7-4-8-12-15)17-13-14-9-5-3-6-10-14/h3-13H,2H2,1H3/b17-13+. The highest BCUT2D eigenvalue weighted by Crippen LogP contribution is 2.15. The summed E-state index contributed by atoms with van der Waals surface area (Å²) in [4.78, 5) is 11.9. The van der Waals surface area contributed by atoms with E-state index >= 15 is 0 Å². The fourth-order valence-electron chi connectivity index (χ4n) is 1.66. The molecule has 2 aromatic rings. The van der Waals surface area contributed by atoms with Crippen LogP contribution >= 0.6 is 0 Å². The second-order valence-electron chi connectivity index (χ2n) is 4.05. The summed E-state index contributed by atoms with van der Waals surface area (Å²) in [5, 5.41) is 5.73. The number of carbonyl (C=O) groups excluding carboxylic acids is 1. The molecule has 3 heteroatoms. The number of nitrogens with zero attached hydrogens (tertiary/aromatic N) is 2. The molecule has 0 saturated carbocycles. The van der Waals surface area contributed by atoms with Crippen molar-refractivity contribution in [3.8, 4) is 0 Å². The van der Waals surface area contributed by atoms with Crippen LogP contribution in [0.15, 0.2) is 65.8 Å². The lowest BCUT2D eigenvalue weighted by molar-refractivity contribution is -0.118. The van der Waals surface area contributed by atoms with Crippen LogP contribution in [0.2, 0.25) is 0 Å². The summed E-state index contributed by atoms with van der Waals surface area (Å²) in [6.45, 7) is 1.83. The van der Waals surface area contributed by atoms with Crippen LogP contribution in [0.25, 0.3) is 0 Å². The smallest absolute Gasteiger partial charge is 0.247 e. The van der Waals surface area contributed by atoms with Gasteiger partial charge in [0.05, 0.1) is 11.9 Å². The molecule has 0 aliphatic rings. The fourth-order valence-corrected chi connectivity index (χ4v) is 1.66. The van der Waals surface area contributed by atoms with Gasteiger partial charge in [0.25, 0.3) is 0 Å². The average molecular weight is 252 g/mol. The summed E-state index contributed by atoms with van der Waals surface area (Å²) in [7, 11) is 0. The highest BCUT2D eigenvalue weighted by molar-refractivity contribution is 5.94. The fraction of sp³-hybridized carbons (Fsp3) is 0.125. The number of hydrogen-bond acceptors (Lipinski definition) is 2. The van der Waals surface area contributed by atoms with Gasteiger partial charge in [0.15, 0.2) is 0 Å². The van der Waals surface area contributed by atoms with Crippen LogP contribution in [0.5, 0.6) is 0 Å². The molecule has 0 fully saturated rings. The Morgan fingerprint density at radius 2 is 1.63 bits per heavy atom. The van der Waals surface area contributed by atoms with E-state index in [2.05, 4.69) is 5.10 Å². The van der Waals surface area contributed by atoms with Crippen molar-refractivity contribution in [2.75, 3.05) is 5.01 Å². The zero-order valence-corrected chi connectivity index (χ0v) is 10.9. The van der Waals surface area contributed by atoms with Crippen molar-refractivity contribution in [2.45, 2.75) is 13.3 Å². The van der Waals surface area contributed by atoms with Crippen LogP contribution in [-0.4, -0.2) is 12.1 Å². The number of amides is 1. The number of para-hydroxylation sites is 1. The Kier molecular flexibility index (Phi) is 4.45. The van der Waals surface area contributed by atoms with Crippen molar-refractivity contribution in [1.82, 2.24) is 0 Å². The molecule has 19 heavy (non-hydrogen) atoms. The van der Waals surface area contributed by atoms with Crippen molar-refractivity contribution in [3.63, 3.8) is 0 Å². The lowest BCUT2D eigenvalue weighted by atomic mass is 10.2. The highest BCUT2D eigenvalue weighted by atomic mass is 16.2. The molecule has 1 amide bonds. The predicted octanol–water partition coefficient (Wildman–Crippen LogP) is 3.46. The van der Waals surface area contributed by atoms with E-state index in [-0.39, 0.29) is 5.91 Å². The van der Waals surface area contributed by atoms with Gasteiger partial charge in [-0.25, -0.2) is 5.01 Å². The highest BCUT2D eigenvalue weighted by Gasteiger charge is 2.11. The summed E-state index contributed by atoms with van der Waals surface area (Å²) in [6, 6.07) is 19.2. The molecule has 2 rings (SSSR count). The van der Waals surface area contributed by atoms with Gasteiger partial charge in [-0.05, 0) is 17.7 Å². The number of rotatable bonds is 4. The Labute approximate surface area is 113 Å². The molecule has 0 bridgehead atoms. The maximum atomic E-state index is 11.9. The summed E-state index contributed by atoms with van der Waals surface area (Å²) in [6.07, 6.45) is 2.11. The minimum absolute atomic E-state index is 0.0293. The van der Waals surface area contributed by atoms with Gasteiger partial charge in [-0.3, -0.25) is 4.79 Å². The Morgan fingerprint density at radius 3 is 2.21 bits per heavy atom. The first-order chi connectivity index (χ1) is 9.31. The third-order valence-corrected chi connectivity index (χ3v) is 2.66. The second-order valence-corrected chi connectivity index (χ2v) is 4.05. The molecule has 0 aliphatic heterocycles. The van der Waals surface area contributed by atoms with Crippen molar-refractivity contribution < 1.29 is 4.79 Å². The van der Waals surface area contributed by atoms with E-state index in [4.69, 9.17) is 0 Å². The number of anilines is 1. The summed E-state index contributed by atoms with van der Waals surface area (Å²) in [5.74, 6) is -0.0293. The van der Waals surface area contributed by atoms with Crippen molar-refractivity contribution in [3.05, 3.63) is 66.2 Å². The lowest BCUT2D eigenvalue weighted by Crippen LogP contribution is -2.24. The first-order valence-corrected chi connectivity index (χ1v) is 6.28. The second kappa shape index (κ2) is 6.50. The maximum Gasteiger partial charge on any atom is 0.247 e. The van der Waals surface area contributed by atoms with E-state index in [0.29, 0.717) is 6.42 Å². The van der Waals surface area contributed by atoms with E-state index in [0.717, 1.165) is 11.3 Å². The van der Waals surface area contributed by atoms with Crippen molar-refractivity contribution in [2.24, 2.45) is 5.10 Å². The first kappa shape index (κ1) is 13.0. The van der Waals surface area contributed by atoms with Gasteiger partial charge in [0.2, 0.25) is 5.91 Å². The van der Waals surface area contributed by atoms with Crippen molar-refractivity contribution in [1.29, 1.82) is 0 Å². The molecule has 2 aromatic carbocycles. The molecular formula is C16H16N2O. The van der Waals surface area contributed by atoms with Crippen LogP contribution in [0.1, 0.15) is 18.9 Å². The Hall–Kier alpha value is -2.42. The van der Waals surface area contributed by atoms with Gasteiger partial charge >= 0.3 is 0 Å². The van der Waals surface area contributed by atoms with E-state index in [1.807, 2.05) is 67.6 Å². The molecule has 3 nitrogen and oxygen atoms in total. The van der Waals surface area contributed by atoms with E-state index in [9.17, 15) is 4.79 Å². The van der Waals surface area contributed by atoms with Gasteiger partial charge < -0.3 is 0 Å². The molecule has 0 saturated heterocycles. The van der Waals surface area contributed by atoms with Gasteiger partial charge in [-0.1, -0.05) is 55.5 Å². The SMILES string of the molecule is CCC(=O)N(/N=C/c1ccccc1)c1ccccc1. The lowest BCUT2D eigenvalue weighted by Gasteiger charge is -2.16. The Balaban J connectivity index is 2.25. The molecule has 0 atom stereocenters. The van der Waals surface area contributed by atoms with Crippen LogP contribution in [0.4, 0.5) is 5.69 Å². The van der Waals surface area contributed by atoms with Crippen LogP contribution < -0.4 is 5.01 Å². The van der Waals surface area contributed by atoms with Gasteiger partial charge in [-0.15, -0.1) is 0 Å². The van der Waals surface area contributed by atoms with E-state index in [1.165, 1.54) is 5.01 Å². The molecule has 0 spiro atoms. The van der Waals surface area contributed by atoms with Crippen LogP contribution in [-0.2, 0) is 4.79 Å². The molecule has 0 N–H and O–H groups in total. The predicted molar refractivity (Wildman–Crippen MR) is 78.3 cm³/mol. The molecule has 0 unspecified atom stereocenters. The molecule has 0 radical (unpaired) electrons. The topological polar surface area (TPSA) is 32.7 Å². The quantitative estimate of drug-likeness (QED) is 0.606. The number of benzene rings is 2. The minimum Gasteiger partial charge on any atom is -0.273 e. The van der Waals surface area contributed by atoms with Crippen LogP contribution in [0, 0.1) is 0 Å². The molecule has 0 aromatic heterocycles. The normalized spacial score (nSPS) is 10.6. The Bertz CT molecular complexity index is 549. The number of carbonyl (C=O) groups is 1. The molecule has 0 heterocycles. The van der Waals surface area contributed by atoms with Gasteiger partial charge in [0, 0.05) is 6.42 Å². The molecule has 96 valence electrons. The largest absolute Gasteiger partial charge is 0.273 e. The number of hydrogen-bond donors (Lipinski definition) is 0. The van der Waals surface area contributed by atoms with E-state index < -0.39 is 0 Å². The summed E-state index contributed by atoms with van der Waals surface area (Å²) >= 11 is 0. The molecular weight excluding hydrogens is 236 g/mol. The van der Waals surface area contributed by atoms with E-state index in [1.54, 1.807) is 6.21 Å². The Morgan fingerprint density at radius 1 is 1.05 bits per heavy atom. The van der Waals surface area contributed by atoms with Gasteiger partial charge in [-0.2, -0.15) is 5.10 Å². The molecule has 0 aliphatic carbocycles.